The van der Waals surface area contributed by atoms with Gasteiger partial charge in [0, 0.05) is 13.1 Å². The molecule has 0 aromatic carbocycles. The number of carbonyl (C=O) groups is 1. The van der Waals surface area contributed by atoms with Crippen molar-refractivity contribution in [3.8, 4) is 0 Å². The van der Waals surface area contributed by atoms with Crippen molar-refractivity contribution >= 4 is 25.6 Å². The summed E-state index contributed by atoms with van der Waals surface area (Å²) in [4.78, 5) is 13.7. The summed E-state index contributed by atoms with van der Waals surface area (Å²) in [7, 11) is -4.89. The van der Waals surface area contributed by atoms with Crippen LogP contribution in [0.1, 0.15) is 12.8 Å². The van der Waals surface area contributed by atoms with Gasteiger partial charge in [-0.2, -0.15) is 0 Å². The molecule has 2 aliphatic heterocycles. The van der Waals surface area contributed by atoms with Crippen LogP contribution in [0.5, 0.6) is 0 Å². The van der Waals surface area contributed by atoms with Gasteiger partial charge in [-0.1, -0.05) is 0 Å². The lowest BCUT2D eigenvalue weighted by Crippen LogP contribution is -2.48. The molecule has 116 valence electrons. The van der Waals surface area contributed by atoms with E-state index in [1.807, 2.05) is 0 Å². The molecule has 2 saturated heterocycles. The molecule has 2 rings (SSSR count). The van der Waals surface area contributed by atoms with Gasteiger partial charge in [0.2, 0.25) is 5.91 Å². The zero-order valence-corrected chi connectivity index (χ0v) is 13.0. The molecule has 0 saturated carbocycles. The molecule has 1 N–H and O–H groups in total. The average molecular weight is 324 g/mol. The van der Waals surface area contributed by atoms with Gasteiger partial charge >= 0.3 is 0 Å². The SMILES string of the molecule is CNC1CS(=O)(=O)CCN(CC2CCCS2(=O)=O)C1=O. The molecule has 2 aliphatic rings. The maximum Gasteiger partial charge on any atom is 0.240 e. The molecule has 2 atom stereocenters. The first kappa shape index (κ1) is 15.7. The molecule has 0 aliphatic carbocycles. The average Bonchev–Trinajstić information content (AvgIpc) is 2.64. The Hall–Kier alpha value is -0.670. The smallest absolute Gasteiger partial charge is 0.240 e. The Bertz CT molecular complexity index is 584. The van der Waals surface area contributed by atoms with Crippen LogP contribution in [0.4, 0.5) is 0 Å². The Kier molecular flexibility index (Phi) is 4.41. The van der Waals surface area contributed by atoms with Crippen molar-refractivity contribution in [2.75, 3.05) is 37.4 Å². The van der Waals surface area contributed by atoms with Crippen LogP contribution < -0.4 is 5.32 Å². The van der Waals surface area contributed by atoms with Crippen molar-refractivity contribution < 1.29 is 21.6 Å². The highest BCUT2D eigenvalue weighted by Crippen LogP contribution is 2.22. The van der Waals surface area contributed by atoms with Crippen LogP contribution in [0.2, 0.25) is 0 Å². The Morgan fingerprint density at radius 2 is 1.95 bits per heavy atom. The Balaban J connectivity index is 2.16. The largest absolute Gasteiger partial charge is 0.339 e. The fraction of sp³-hybridized carbons (Fsp3) is 0.909. The highest BCUT2D eigenvalue weighted by Gasteiger charge is 2.38. The maximum absolute atomic E-state index is 12.3. The van der Waals surface area contributed by atoms with Crippen LogP contribution in [-0.2, 0) is 24.5 Å². The summed E-state index contributed by atoms with van der Waals surface area (Å²) >= 11 is 0. The molecule has 0 spiro atoms. The molecule has 2 fully saturated rings. The summed E-state index contributed by atoms with van der Waals surface area (Å²) in [6.45, 7) is 0.181. The second-order valence-electron chi connectivity index (χ2n) is 5.37. The van der Waals surface area contributed by atoms with E-state index in [1.54, 1.807) is 0 Å². The van der Waals surface area contributed by atoms with Crippen LogP contribution in [0.15, 0.2) is 0 Å². The van der Waals surface area contributed by atoms with Crippen LogP contribution in [0.25, 0.3) is 0 Å². The minimum atomic E-state index is -3.28. The molecule has 9 heteroatoms. The molecule has 0 aromatic rings. The van der Waals surface area contributed by atoms with Crippen LogP contribution in [0.3, 0.4) is 0 Å². The predicted octanol–water partition coefficient (Wildman–Crippen LogP) is -1.59. The predicted molar refractivity (Wildman–Crippen MR) is 74.9 cm³/mol. The van der Waals surface area contributed by atoms with Crippen molar-refractivity contribution in [3.05, 3.63) is 0 Å². The lowest BCUT2D eigenvalue weighted by Gasteiger charge is -2.25. The standard InChI is InChI=1S/C11H20N2O5S2/c1-12-10-8-19(15,16)6-4-13(11(10)14)7-9-3-2-5-20(9,17)18/h9-10,12H,2-8H2,1H3. The van der Waals surface area contributed by atoms with E-state index in [9.17, 15) is 21.6 Å². The van der Waals surface area contributed by atoms with Gasteiger partial charge in [0.05, 0.1) is 22.5 Å². The molecule has 1 amide bonds. The van der Waals surface area contributed by atoms with Gasteiger partial charge in [-0.15, -0.1) is 0 Å². The molecule has 20 heavy (non-hydrogen) atoms. The number of hydrogen-bond acceptors (Lipinski definition) is 6. The third-order valence-electron chi connectivity index (χ3n) is 3.94. The number of likely N-dealkylation sites (N-methyl/N-ethyl adjacent to an activating group) is 1. The number of nitrogens with one attached hydrogen (secondary N) is 1. The normalized spacial score (nSPS) is 33.0. The van der Waals surface area contributed by atoms with Crippen LogP contribution in [0, 0.1) is 0 Å². The first-order valence-electron chi connectivity index (χ1n) is 6.63. The summed E-state index contributed by atoms with van der Waals surface area (Å²) in [6.07, 6.45) is 1.16. The van der Waals surface area contributed by atoms with Crippen LogP contribution in [-0.4, -0.2) is 76.3 Å². The Labute approximate surface area is 119 Å². The van der Waals surface area contributed by atoms with E-state index in [4.69, 9.17) is 0 Å². The third kappa shape index (κ3) is 3.32. The topological polar surface area (TPSA) is 101 Å². The van der Waals surface area contributed by atoms with Gasteiger partial charge in [-0.05, 0) is 19.9 Å². The molecule has 0 aromatic heterocycles. The van der Waals surface area contributed by atoms with E-state index < -0.39 is 31.0 Å². The van der Waals surface area contributed by atoms with Gasteiger partial charge in [0.15, 0.2) is 19.7 Å². The van der Waals surface area contributed by atoms with Gasteiger partial charge < -0.3 is 10.2 Å². The van der Waals surface area contributed by atoms with E-state index >= 15 is 0 Å². The number of carbonyl (C=O) groups excluding carboxylic acids is 1. The van der Waals surface area contributed by atoms with Crippen molar-refractivity contribution in [3.63, 3.8) is 0 Å². The quantitative estimate of drug-likeness (QED) is 0.672. The maximum atomic E-state index is 12.3. The van der Waals surface area contributed by atoms with Crippen molar-refractivity contribution in [2.24, 2.45) is 0 Å². The minimum absolute atomic E-state index is 0.0748. The Morgan fingerprint density at radius 3 is 2.50 bits per heavy atom. The van der Waals surface area contributed by atoms with Crippen molar-refractivity contribution in [1.82, 2.24) is 10.2 Å². The fourth-order valence-electron chi connectivity index (χ4n) is 2.69. The molecular weight excluding hydrogens is 304 g/mol. The Morgan fingerprint density at radius 1 is 1.25 bits per heavy atom. The molecule has 2 unspecified atom stereocenters. The summed E-state index contributed by atoms with van der Waals surface area (Å²) in [6, 6.07) is -0.786. The number of nitrogens with zero attached hydrogens (tertiary/aromatic N) is 1. The summed E-state index contributed by atoms with van der Waals surface area (Å²) < 4.78 is 47.2. The molecule has 2 heterocycles. The molecular formula is C11H20N2O5S2. The minimum Gasteiger partial charge on any atom is -0.339 e. The van der Waals surface area contributed by atoms with Gasteiger partial charge in [-0.25, -0.2) is 16.8 Å². The molecule has 7 nitrogen and oxygen atoms in total. The third-order valence-corrected chi connectivity index (χ3v) is 7.84. The van der Waals surface area contributed by atoms with E-state index in [-0.39, 0.29) is 36.3 Å². The van der Waals surface area contributed by atoms with E-state index in [2.05, 4.69) is 5.32 Å². The molecule has 0 bridgehead atoms. The van der Waals surface area contributed by atoms with Crippen LogP contribution >= 0.6 is 0 Å². The van der Waals surface area contributed by atoms with E-state index in [0.717, 1.165) is 0 Å². The zero-order valence-electron chi connectivity index (χ0n) is 11.4. The molecule has 0 radical (unpaired) electrons. The summed E-state index contributed by atoms with van der Waals surface area (Å²) in [5.74, 6) is -0.497. The second kappa shape index (κ2) is 5.61. The number of sulfone groups is 2. The lowest BCUT2D eigenvalue weighted by molar-refractivity contribution is -0.132. The van der Waals surface area contributed by atoms with Crippen molar-refractivity contribution in [1.29, 1.82) is 0 Å². The lowest BCUT2D eigenvalue weighted by atomic mass is 10.2. The van der Waals surface area contributed by atoms with E-state index in [1.165, 1.54) is 11.9 Å². The summed E-state index contributed by atoms with van der Waals surface area (Å²) in [5.41, 5.74) is 0. The first-order valence-corrected chi connectivity index (χ1v) is 10.2. The van der Waals surface area contributed by atoms with Gasteiger partial charge in [-0.3, -0.25) is 4.79 Å². The monoisotopic (exact) mass is 324 g/mol. The van der Waals surface area contributed by atoms with Gasteiger partial charge in [0.25, 0.3) is 0 Å². The highest BCUT2D eigenvalue weighted by molar-refractivity contribution is 7.92. The number of amides is 1. The summed E-state index contributed by atoms with van der Waals surface area (Å²) in [5, 5.41) is 2.15. The zero-order chi connectivity index (χ0) is 15.0. The fourth-order valence-corrected chi connectivity index (χ4v) is 6.00. The van der Waals surface area contributed by atoms with E-state index in [0.29, 0.717) is 12.8 Å². The second-order valence-corrected chi connectivity index (χ2v) is 10.0. The van der Waals surface area contributed by atoms with Gasteiger partial charge in [0.1, 0.15) is 6.04 Å². The first-order chi connectivity index (χ1) is 9.25. The van der Waals surface area contributed by atoms with Crippen molar-refractivity contribution in [2.45, 2.75) is 24.1 Å². The number of hydrogen-bond donors (Lipinski definition) is 1. The number of rotatable bonds is 3. The highest BCUT2D eigenvalue weighted by atomic mass is 32.2.